The maximum absolute atomic E-state index is 12.8. The molecule has 0 spiro atoms. The van der Waals surface area contributed by atoms with E-state index in [9.17, 15) is 18.0 Å². The van der Waals surface area contributed by atoms with Gasteiger partial charge < -0.3 is 9.15 Å². The normalized spacial score (nSPS) is 14.4. The van der Waals surface area contributed by atoms with Gasteiger partial charge in [-0.15, -0.1) is 0 Å². The number of hydrogen-bond acceptors (Lipinski definition) is 4. The van der Waals surface area contributed by atoms with Gasteiger partial charge in [-0.2, -0.15) is 13.2 Å². The van der Waals surface area contributed by atoms with E-state index in [4.69, 9.17) is 4.42 Å². The number of aromatic nitrogens is 1. The molecule has 7 heteroatoms. The summed E-state index contributed by atoms with van der Waals surface area (Å²) in [6.07, 6.45) is -5.86. The predicted octanol–water partition coefficient (Wildman–Crippen LogP) is 3.12. The summed E-state index contributed by atoms with van der Waals surface area (Å²) in [4.78, 5) is 15.1. The van der Waals surface area contributed by atoms with Crippen molar-refractivity contribution >= 4 is 5.97 Å². The topological polar surface area (TPSA) is 52.3 Å². The van der Waals surface area contributed by atoms with E-state index in [0.29, 0.717) is 0 Å². The number of carbonyl (C=O) groups is 1. The first-order chi connectivity index (χ1) is 8.03. The third-order valence-electron chi connectivity index (χ3n) is 2.25. The zero-order valence-corrected chi connectivity index (χ0v) is 10.5. The summed E-state index contributed by atoms with van der Waals surface area (Å²) in [7, 11) is 0. The molecule has 0 fully saturated rings. The van der Waals surface area contributed by atoms with Gasteiger partial charge >= 0.3 is 12.1 Å². The molecule has 1 unspecified atom stereocenters. The molecule has 1 rings (SSSR count). The van der Waals surface area contributed by atoms with Crippen LogP contribution in [0.4, 0.5) is 13.2 Å². The Morgan fingerprint density at radius 1 is 1.39 bits per heavy atom. The third kappa shape index (κ3) is 3.24. The Morgan fingerprint density at radius 3 is 2.28 bits per heavy atom. The Bertz CT molecular complexity index is 417. The molecule has 4 nitrogen and oxygen atoms in total. The van der Waals surface area contributed by atoms with Crippen LogP contribution in [0.5, 0.6) is 0 Å². The number of oxazole rings is 1. The van der Waals surface area contributed by atoms with Gasteiger partial charge in [0.25, 0.3) is 0 Å². The van der Waals surface area contributed by atoms with Crippen LogP contribution in [0, 0.1) is 12.3 Å². The second-order valence-electron chi connectivity index (χ2n) is 4.95. The molecule has 102 valence electrons. The monoisotopic (exact) mass is 265 g/mol. The lowest BCUT2D eigenvalue weighted by molar-refractivity contribution is -0.231. The maximum atomic E-state index is 12.8. The molecule has 0 N–H and O–H groups in total. The van der Waals surface area contributed by atoms with Crippen LogP contribution in [0.15, 0.2) is 10.8 Å². The average Bonchev–Trinajstić information content (AvgIpc) is 2.56. The largest absolute Gasteiger partial charge is 0.448 e. The highest BCUT2D eigenvalue weighted by Crippen LogP contribution is 2.36. The molecule has 0 aliphatic rings. The zero-order valence-electron chi connectivity index (χ0n) is 10.5. The molecule has 0 amide bonds. The number of esters is 1. The minimum atomic E-state index is -4.63. The molecule has 18 heavy (non-hydrogen) atoms. The van der Waals surface area contributed by atoms with Gasteiger partial charge in [-0.3, -0.25) is 0 Å². The van der Waals surface area contributed by atoms with Gasteiger partial charge in [0.15, 0.2) is 12.1 Å². The van der Waals surface area contributed by atoms with Gasteiger partial charge in [-0.05, 0) is 6.92 Å². The van der Waals surface area contributed by atoms with Crippen molar-refractivity contribution in [2.75, 3.05) is 0 Å². The van der Waals surface area contributed by atoms with E-state index in [1.807, 2.05) is 0 Å². The minimum absolute atomic E-state index is 0.120. The maximum Gasteiger partial charge on any atom is 0.426 e. The van der Waals surface area contributed by atoms with E-state index in [1.54, 1.807) is 0 Å². The van der Waals surface area contributed by atoms with Crippen LogP contribution >= 0.6 is 0 Å². The molecule has 1 aromatic heterocycles. The highest BCUT2D eigenvalue weighted by atomic mass is 19.4. The molecular weight excluding hydrogens is 251 g/mol. The number of aryl methyl sites for hydroxylation is 1. The molecule has 0 aliphatic carbocycles. The molecule has 0 aliphatic heterocycles. The van der Waals surface area contributed by atoms with Gasteiger partial charge in [0, 0.05) is 5.41 Å². The summed E-state index contributed by atoms with van der Waals surface area (Å²) < 4.78 is 47.7. The fourth-order valence-electron chi connectivity index (χ4n) is 1.40. The Hall–Kier alpha value is -1.53. The highest BCUT2D eigenvalue weighted by molar-refractivity contribution is 5.88. The fraction of sp³-hybridized carbons (Fsp3) is 0.636. The SMILES string of the molecule is Cc1ocnc1C(=O)OC(C(C)(C)C)C(F)(F)F. The van der Waals surface area contributed by atoms with Crippen molar-refractivity contribution in [2.45, 2.75) is 40.0 Å². The standard InChI is InChI=1S/C11H14F3NO3/c1-6-7(15-5-17-6)8(16)18-9(10(2,3)4)11(12,13)14/h5,9H,1-4H3. The molecule has 1 heterocycles. The molecule has 0 aromatic carbocycles. The van der Waals surface area contributed by atoms with Crippen LogP contribution in [0.2, 0.25) is 0 Å². The predicted molar refractivity (Wildman–Crippen MR) is 56.0 cm³/mol. The number of hydrogen-bond donors (Lipinski definition) is 0. The lowest BCUT2D eigenvalue weighted by Crippen LogP contribution is -2.43. The Labute approximate surface area is 102 Å². The van der Waals surface area contributed by atoms with Crippen LogP contribution in [-0.2, 0) is 4.74 Å². The first-order valence-electron chi connectivity index (χ1n) is 5.21. The van der Waals surface area contributed by atoms with Crippen LogP contribution in [0.25, 0.3) is 0 Å². The lowest BCUT2D eigenvalue weighted by atomic mass is 9.88. The Balaban J connectivity index is 2.93. The van der Waals surface area contributed by atoms with Gasteiger partial charge in [0.1, 0.15) is 5.76 Å². The molecule has 0 saturated carbocycles. The van der Waals surface area contributed by atoms with Gasteiger partial charge in [-0.25, -0.2) is 9.78 Å². The second-order valence-corrected chi connectivity index (χ2v) is 4.95. The first kappa shape index (κ1) is 14.5. The van der Waals surface area contributed by atoms with Gasteiger partial charge in [-0.1, -0.05) is 20.8 Å². The minimum Gasteiger partial charge on any atom is -0.448 e. The molecule has 1 atom stereocenters. The Kier molecular flexibility index (Phi) is 3.73. The van der Waals surface area contributed by atoms with Crippen molar-refractivity contribution in [3.05, 3.63) is 17.8 Å². The number of halogens is 3. The summed E-state index contributed by atoms with van der Waals surface area (Å²) in [6.45, 7) is 5.44. The number of ether oxygens (including phenoxy) is 1. The van der Waals surface area contributed by atoms with Gasteiger partial charge in [0.2, 0.25) is 6.10 Å². The van der Waals surface area contributed by atoms with E-state index >= 15 is 0 Å². The quantitative estimate of drug-likeness (QED) is 0.771. The van der Waals surface area contributed by atoms with Crippen LogP contribution in [0.1, 0.15) is 37.0 Å². The second kappa shape index (κ2) is 4.62. The summed E-state index contributed by atoms with van der Waals surface area (Å²) >= 11 is 0. The molecular formula is C11H14F3NO3. The molecule has 0 saturated heterocycles. The summed E-state index contributed by atoms with van der Waals surface area (Å²) in [5, 5.41) is 0. The first-order valence-corrected chi connectivity index (χ1v) is 5.21. The molecule has 0 bridgehead atoms. The number of nitrogens with zero attached hydrogens (tertiary/aromatic N) is 1. The summed E-state index contributed by atoms with van der Waals surface area (Å²) in [5.41, 5.74) is -1.50. The Morgan fingerprint density at radius 2 is 1.94 bits per heavy atom. The molecule has 1 aromatic rings. The van der Waals surface area contributed by atoms with Crippen molar-refractivity contribution in [1.82, 2.24) is 4.98 Å². The van der Waals surface area contributed by atoms with Crippen molar-refractivity contribution in [3.63, 3.8) is 0 Å². The van der Waals surface area contributed by atoms with E-state index in [0.717, 1.165) is 6.39 Å². The lowest BCUT2D eigenvalue weighted by Gasteiger charge is -2.31. The summed E-state index contributed by atoms with van der Waals surface area (Å²) in [6, 6.07) is 0. The smallest absolute Gasteiger partial charge is 0.426 e. The van der Waals surface area contributed by atoms with Crippen molar-refractivity contribution < 1.29 is 27.1 Å². The average molecular weight is 265 g/mol. The number of carbonyl (C=O) groups excluding carboxylic acids is 1. The summed E-state index contributed by atoms with van der Waals surface area (Å²) in [5.74, 6) is -1.02. The fourth-order valence-corrected chi connectivity index (χ4v) is 1.40. The number of rotatable bonds is 2. The molecule has 0 radical (unpaired) electrons. The van der Waals surface area contributed by atoms with Crippen molar-refractivity contribution in [2.24, 2.45) is 5.41 Å². The van der Waals surface area contributed by atoms with Crippen molar-refractivity contribution in [1.29, 1.82) is 0 Å². The zero-order chi connectivity index (χ0) is 14.1. The van der Waals surface area contributed by atoms with E-state index in [-0.39, 0.29) is 11.5 Å². The van der Waals surface area contributed by atoms with E-state index in [1.165, 1.54) is 27.7 Å². The van der Waals surface area contributed by atoms with E-state index < -0.39 is 23.7 Å². The van der Waals surface area contributed by atoms with Crippen LogP contribution in [-0.4, -0.2) is 23.2 Å². The number of alkyl halides is 3. The third-order valence-corrected chi connectivity index (χ3v) is 2.25. The van der Waals surface area contributed by atoms with E-state index in [2.05, 4.69) is 9.72 Å². The van der Waals surface area contributed by atoms with Crippen LogP contribution in [0.3, 0.4) is 0 Å². The highest BCUT2D eigenvalue weighted by Gasteiger charge is 2.50. The van der Waals surface area contributed by atoms with Gasteiger partial charge in [0.05, 0.1) is 0 Å². The van der Waals surface area contributed by atoms with Crippen molar-refractivity contribution in [3.8, 4) is 0 Å². The van der Waals surface area contributed by atoms with Crippen LogP contribution < -0.4 is 0 Å².